The van der Waals surface area contributed by atoms with Gasteiger partial charge in [0.1, 0.15) is 11.6 Å². The lowest BCUT2D eigenvalue weighted by molar-refractivity contribution is -0.385. The molecule has 0 fully saturated rings. The fourth-order valence-corrected chi connectivity index (χ4v) is 2.60. The number of nitro benzene ring substituents is 1. The van der Waals surface area contributed by atoms with Crippen LogP contribution in [0.15, 0.2) is 18.2 Å². The second-order valence-electron chi connectivity index (χ2n) is 4.27. The van der Waals surface area contributed by atoms with Crippen molar-refractivity contribution in [1.29, 1.82) is 5.26 Å². The fourth-order valence-electron chi connectivity index (χ4n) is 1.70. The lowest BCUT2D eigenvalue weighted by Gasteiger charge is -2.26. The van der Waals surface area contributed by atoms with Crippen LogP contribution in [0.3, 0.4) is 0 Å². The zero-order valence-corrected chi connectivity index (χ0v) is 11.8. The average Bonchev–Trinajstić information content (AvgIpc) is 2.36. The van der Waals surface area contributed by atoms with Gasteiger partial charge >= 0.3 is 0 Å². The summed E-state index contributed by atoms with van der Waals surface area (Å²) in [5.74, 6) is 0.495. The Morgan fingerprint density at radius 2 is 2.21 bits per heavy atom. The Hall–Kier alpha value is -1.94. The Labute approximate surface area is 114 Å². The highest BCUT2D eigenvalue weighted by atomic mass is 32.2. The summed E-state index contributed by atoms with van der Waals surface area (Å²) in [5.41, 5.74) is 0.519. The van der Waals surface area contributed by atoms with E-state index in [9.17, 15) is 14.3 Å². The standard InChI is InChI=1S/C12H15N3O3S/c1-9(8-19(3)18)14(2)11-4-5-12(15(16)17)10(6-11)7-13/h4-6,9H,8H2,1-3H3/t9-,19+/m1/s1. The summed E-state index contributed by atoms with van der Waals surface area (Å²) in [6.07, 6.45) is 1.63. The first-order valence-corrected chi connectivity index (χ1v) is 7.31. The van der Waals surface area contributed by atoms with Crippen LogP contribution in [-0.2, 0) is 10.8 Å². The maximum Gasteiger partial charge on any atom is 0.287 e. The van der Waals surface area contributed by atoms with Crippen LogP contribution in [0.25, 0.3) is 0 Å². The Morgan fingerprint density at radius 3 is 2.68 bits per heavy atom. The van der Waals surface area contributed by atoms with E-state index in [0.717, 1.165) is 0 Å². The van der Waals surface area contributed by atoms with E-state index in [1.165, 1.54) is 12.1 Å². The number of nitro groups is 1. The van der Waals surface area contributed by atoms with Gasteiger partial charge in [-0.25, -0.2) is 0 Å². The van der Waals surface area contributed by atoms with Crippen LogP contribution in [0.5, 0.6) is 0 Å². The van der Waals surface area contributed by atoms with Crippen LogP contribution in [0, 0.1) is 21.4 Å². The van der Waals surface area contributed by atoms with Crippen molar-refractivity contribution < 1.29 is 9.13 Å². The van der Waals surface area contributed by atoms with Gasteiger partial charge in [-0.15, -0.1) is 0 Å². The molecule has 0 saturated heterocycles. The molecule has 0 bridgehead atoms. The van der Waals surface area contributed by atoms with Gasteiger partial charge in [0, 0.05) is 47.7 Å². The van der Waals surface area contributed by atoms with E-state index in [4.69, 9.17) is 5.26 Å². The zero-order chi connectivity index (χ0) is 14.6. The molecule has 102 valence electrons. The lowest BCUT2D eigenvalue weighted by Crippen LogP contribution is -2.33. The van der Waals surface area contributed by atoms with Crippen LogP contribution in [0.1, 0.15) is 12.5 Å². The SMILES string of the molecule is C[C@H](C[S@](C)=O)N(C)c1ccc([N+](=O)[O-])c(C#N)c1. The van der Waals surface area contributed by atoms with Crippen molar-refractivity contribution in [2.45, 2.75) is 13.0 Å². The third kappa shape index (κ3) is 3.76. The molecule has 0 amide bonds. The van der Waals surface area contributed by atoms with Gasteiger partial charge in [-0.05, 0) is 19.1 Å². The van der Waals surface area contributed by atoms with Crippen LogP contribution < -0.4 is 4.90 Å². The van der Waals surface area contributed by atoms with Crippen molar-refractivity contribution in [2.75, 3.05) is 24.0 Å². The molecular formula is C12H15N3O3S. The van der Waals surface area contributed by atoms with Crippen LogP contribution in [0.2, 0.25) is 0 Å². The molecule has 0 unspecified atom stereocenters. The van der Waals surface area contributed by atoms with Crippen molar-refractivity contribution in [2.24, 2.45) is 0 Å². The molecule has 19 heavy (non-hydrogen) atoms. The third-order valence-corrected chi connectivity index (χ3v) is 3.79. The third-order valence-electron chi connectivity index (χ3n) is 2.84. The second kappa shape index (κ2) is 6.29. The fraction of sp³-hybridized carbons (Fsp3) is 0.417. The van der Waals surface area contributed by atoms with Gasteiger partial charge in [0.2, 0.25) is 0 Å². The van der Waals surface area contributed by atoms with Gasteiger partial charge in [-0.1, -0.05) is 0 Å². The summed E-state index contributed by atoms with van der Waals surface area (Å²) in [6, 6.07) is 6.23. The lowest BCUT2D eigenvalue weighted by atomic mass is 10.1. The van der Waals surface area contributed by atoms with Gasteiger partial charge in [-0.3, -0.25) is 14.3 Å². The molecule has 2 atom stereocenters. The Kier molecular flexibility index (Phi) is 5.01. The predicted molar refractivity (Wildman–Crippen MR) is 74.6 cm³/mol. The van der Waals surface area contributed by atoms with Gasteiger partial charge in [0.25, 0.3) is 5.69 Å². The highest BCUT2D eigenvalue weighted by Crippen LogP contribution is 2.24. The highest BCUT2D eigenvalue weighted by Gasteiger charge is 2.17. The molecule has 0 N–H and O–H groups in total. The van der Waals surface area contributed by atoms with Crippen molar-refractivity contribution in [3.8, 4) is 6.07 Å². The van der Waals surface area contributed by atoms with Crippen molar-refractivity contribution >= 4 is 22.2 Å². The maximum absolute atomic E-state index is 11.2. The number of hydrogen-bond acceptors (Lipinski definition) is 5. The number of benzene rings is 1. The zero-order valence-electron chi connectivity index (χ0n) is 11.0. The first-order chi connectivity index (χ1) is 8.86. The number of anilines is 1. The quantitative estimate of drug-likeness (QED) is 0.605. The number of hydrogen-bond donors (Lipinski definition) is 0. The minimum absolute atomic E-state index is 0.0128. The molecule has 0 saturated carbocycles. The maximum atomic E-state index is 11.2. The molecule has 0 heterocycles. The molecule has 0 aliphatic heterocycles. The van der Waals surface area contributed by atoms with E-state index in [1.54, 1.807) is 19.4 Å². The average molecular weight is 281 g/mol. The Balaban J connectivity index is 3.06. The largest absolute Gasteiger partial charge is 0.371 e. The Bertz CT molecular complexity index is 554. The molecule has 1 rings (SSSR count). The normalized spacial score (nSPS) is 13.4. The first-order valence-electron chi connectivity index (χ1n) is 5.58. The van der Waals surface area contributed by atoms with E-state index in [0.29, 0.717) is 11.4 Å². The van der Waals surface area contributed by atoms with E-state index in [2.05, 4.69) is 0 Å². The smallest absolute Gasteiger partial charge is 0.287 e. The van der Waals surface area contributed by atoms with Gasteiger partial charge < -0.3 is 4.90 Å². The van der Waals surface area contributed by atoms with Crippen LogP contribution >= 0.6 is 0 Å². The van der Waals surface area contributed by atoms with E-state index in [1.807, 2.05) is 17.9 Å². The molecule has 0 aliphatic carbocycles. The minimum Gasteiger partial charge on any atom is -0.371 e. The topological polar surface area (TPSA) is 87.2 Å². The summed E-state index contributed by atoms with van der Waals surface area (Å²) >= 11 is 0. The summed E-state index contributed by atoms with van der Waals surface area (Å²) in [7, 11) is 0.882. The molecule has 1 aromatic carbocycles. The second-order valence-corrected chi connectivity index (χ2v) is 5.75. The van der Waals surface area contributed by atoms with Gasteiger partial charge in [-0.2, -0.15) is 5.26 Å². The summed E-state index contributed by atoms with van der Waals surface area (Å²) < 4.78 is 11.2. The summed E-state index contributed by atoms with van der Waals surface area (Å²) in [6.45, 7) is 1.91. The summed E-state index contributed by atoms with van der Waals surface area (Å²) in [5, 5.41) is 19.7. The number of rotatable bonds is 5. The molecule has 0 aliphatic rings. The predicted octanol–water partition coefficient (Wildman–Crippen LogP) is 1.67. The molecule has 1 aromatic rings. The highest BCUT2D eigenvalue weighted by molar-refractivity contribution is 7.84. The van der Waals surface area contributed by atoms with Crippen LogP contribution in [-0.4, -0.2) is 34.2 Å². The van der Waals surface area contributed by atoms with E-state index < -0.39 is 15.7 Å². The monoisotopic (exact) mass is 281 g/mol. The molecule has 0 spiro atoms. The summed E-state index contributed by atoms with van der Waals surface area (Å²) in [4.78, 5) is 12.0. The van der Waals surface area contributed by atoms with Gasteiger partial charge in [0.05, 0.1) is 4.92 Å². The van der Waals surface area contributed by atoms with Crippen molar-refractivity contribution in [1.82, 2.24) is 0 Å². The van der Waals surface area contributed by atoms with E-state index >= 15 is 0 Å². The molecule has 6 nitrogen and oxygen atoms in total. The first kappa shape index (κ1) is 15.1. The molecule has 7 heteroatoms. The Morgan fingerprint density at radius 1 is 1.58 bits per heavy atom. The van der Waals surface area contributed by atoms with Crippen molar-refractivity contribution in [3.05, 3.63) is 33.9 Å². The van der Waals surface area contributed by atoms with Crippen molar-refractivity contribution in [3.63, 3.8) is 0 Å². The number of nitriles is 1. The van der Waals surface area contributed by atoms with Crippen LogP contribution in [0.4, 0.5) is 11.4 Å². The number of nitrogens with zero attached hydrogens (tertiary/aromatic N) is 3. The van der Waals surface area contributed by atoms with Gasteiger partial charge in [0.15, 0.2) is 0 Å². The molecule has 0 radical (unpaired) electrons. The minimum atomic E-state index is -0.924. The molecule has 0 aromatic heterocycles. The van der Waals surface area contributed by atoms with E-state index in [-0.39, 0.29) is 17.3 Å². The molecular weight excluding hydrogens is 266 g/mol.